The second-order valence-electron chi connectivity index (χ2n) is 4.82. The highest BCUT2D eigenvalue weighted by Crippen LogP contribution is 2.45. The van der Waals surface area contributed by atoms with Gasteiger partial charge in [-0.3, -0.25) is 14.9 Å². The van der Waals surface area contributed by atoms with Gasteiger partial charge in [0, 0.05) is 18.2 Å². The van der Waals surface area contributed by atoms with E-state index in [4.69, 9.17) is 0 Å². The van der Waals surface area contributed by atoms with Crippen LogP contribution in [0.2, 0.25) is 0 Å². The maximum atomic E-state index is 10.9. The first-order valence-electron chi connectivity index (χ1n) is 5.52. The van der Waals surface area contributed by atoms with Gasteiger partial charge in [0.15, 0.2) is 0 Å². The molecule has 0 radical (unpaired) electrons. The summed E-state index contributed by atoms with van der Waals surface area (Å²) in [4.78, 5) is 21.0. The van der Waals surface area contributed by atoms with E-state index < -0.39 is 4.92 Å². The van der Waals surface area contributed by atoms with Crippen LogP contribution in [0.5, 0.6) is 0 Å². The van der Waals surface area contributed by atoms with Crippen molar-refractivity contribution < 1.29 is 9.72 Å². The number of nitrogens with zero attached hydrogens (tertiary/aromatic N) is 1. The minimum Gasteiger partial charge on any atom is -0.379 e. The van der Waals surface area contributed by atoms with E-state index in [1.807, 2.05) is 0 Å². The third kappa shape index (κ3) is 2.61. The molecule has 0 aliphatic heterocycles. The second-order valence-corrected chi connectivity index (χ2v) is 4.82. The molecule has 0 bridgehead atoms. The molecule has 1 aromatic rings. The van der Waals surface area contributed by atoms with E-state index in [9.17, 15) is 14.9 Å². The summed E-state index contributed by atoms with van der Waals surface area (Å²) in [5.41, 5.74) is 1.03. The molecule has 0 unspecified atom stereocenters. The van der Waals surface area contributed by atoms with Crippen LogP contribution in [-0.4, -0.2) is 17.8 Å². The van der Waals surface area contributed by atoms with Crippen molar-refractivity contribution in [2.45, 2.75) is 19.8 Å². The van der Waals surface area contributed by atoms with Crippen molar-refractivity contribution in [2.75, 3.05) is 11.9 Å². The molecule has 5 nitrogen and oxygen atoms in total. The highest BCUT2D eigenvalue weighted by atomic mass is 16.6. The van der Waals surface area contributed by atoms with Crippen molar-refractivity contribution in [3.63, 3.8) is 0 Å². The lowest BCUT2D eigenvalue weighted by Crippen LogP contribution is -2.12. The number of benzene rings is 1. The predicted octanol–water partition coefficient (Wildman–Crippen LogP) is 2.62. The van der Waals surface area contributed by atoms with Gasteiger partial charge in [-0.1, -0.05) is 6.92 Å². The lowest BCUT2D eigenvalue weighted by atomic mass is 10.1. The third-order valence-electron chi connectivity index (χ3n) is 3.16. The zero-order valence-corrected chi connectivity index (χ0v) is 9.60. The molecule has 90 valence electrons. The Bertz CT molecular complexity index is 467. The normalized spacial score (nSPS) is 16.3. The lowest BCUT2D eigenvalue weighted by molar-refractivity contribution is -0.384. The Morgan fingerprint density at radius 1 is 1.53 bits per heavy atom. The standard InChI is InChI=1S/C12H14N2O3/c1-12(4-5-12)8-13-10-3-2-9(7-15)6-11(10)14(16)17/h2-3,6-7,13H,4-5,8H2,1H3. The van der Waals surface area contributed by atoms with Gasteiger partial charge in [-0.2, -0.15) is 0 Å². The molecule has 1 aromatic carbocycles. The number of hydrogen-bond donors (Lipinski definition) is 1. The first kappa shape index (κ1) is 11.6. The third-order valence-corrected chi connectivity index (χ3v) is 3.16. The summed E-state index contributed by atoms with van der Waals surface area (Å²) in [5, 5.41) is 14.0. The van der Waals surface area contributed by atoms with Crippen LogP contribution in [0.1, 0.15) is 30.1 Å². The van der Waals surface area contributed by atoms with Crippen molar-refractivity contribution in [3.05, 3.63) is 33.9 Å². The number of nitro benzene ring substituents is 1. The summed E-state index contributed by atoms with van der Waals surface area (Å²) in [6.45, 7) is 2.87. The van der Waals surface area contributed by atoms with Crippen LogP contribution >= 0.6 is 0 Å². The van der Waals surface area contributed by atoms with Gasteiger partial charge in [0.2, 0.25) is 0 Å². The van der Waals surface area contributed by atoms with Crippen LogP contribution in [0.3, 0.4) is 0 Å². The molecule has 0 atom stereocenters. The number of anilines is 1. The summed E-state index contributed by atoms with van der Waals surface area (Å²) in [7, 11) is 0. The molecule has 1 N–H and O–H groups in total. The Morgan fingerprint density at radius 2 is 2.24 bits per heavy atom. The summed E-state index contributed by atoms with van der Waals surface area (Å²) in [6, 6.07) is 4.47. The molecule has 2 rings (SSSR count). The predicted molar refractivity (Wildman–Crippen MR) is 64.3 cm³/mol. The van der Waals surface area contributed by atoms with Crippen molar-refractivity contribution in [3.8, 4) is 0 Å². The van der Waals surface area contributed by atoms with Crippen molar-refractivity contribution >= 4 is 17.7 Å². The molecule has 0 amide bonds. The van der Waals surface area contributed by atoms with E-state index in [0.717, 1.165) is 19.4 Å². The number of hydrogen-bond acceptors (Lipinski definition) is 4. The highest BCUT2D eigenvalue weighted by Gasteiger charge is 2.37. The number of carbonyl (C=O) groups excluding carboxylic acids is 1. The van der Waals surface area contributed by atoms with E-state index in [1.165, 1.54) is 6.07 Å². The molecule has 17 heavy (non-hydrogen) atoms. The van der Waals surface area contributed by atoms with E-state index in [2.05, 4.69) is 12.2 Å². The van der Waals surface area contributed by atoms with Crippen molar-refractivity contribution in [1.82, 2.24) is 0 Å². The summed E-state index contributed by atoms with van der Waals surface area (Å²) in [6.07, 6.45) is 2.92. The van der Waals surface area contributed by atoms with Crippen molar-refractivity contribution in [2.24, 2.45) is 5.41 Å². The van der Waals surface area contributed by atoms with Crippen molar-refractivity contribution in [1.29, 1.82) is 0 Å². The summed E-state index contributed by atoms with van der Waals surface area (Å²) < 4.78 is 0. The van der Waals surface area contributed by atoms with Crippen LogP contribution in [0.4, 0.5) is 11.4 Å². The van der Waals surface area contributed by atoms with Crippen LogP contribution in [-0.2, 0) is 0 Å². The van der Waals surface area contributed by atoms with Gasteiger partial charge >= 0.3 is 0 Å². The Labute approximate surface area is 99.0 Å². The highest BCUT2D eigenvalue weighted by molar-refractivity contribution is 5.79. The van der Waals surface area contributed by atoms with Gasteiger partial charge in [-0.25, -0.2) is 0 Å². The Kier molecular flexibility index (Phi) is 2.83. The molecular weight excluding hydrogens is 220 g/mol. The minimum atomic E-state index is -0.468. The molecule has 0 aromatic heterocycles. The SMILES string of the molecule is CC1(CNc2ccc(C=O)cc2[N+](=O)[O-])CC1. The van der Waals surface area contributed by atoms with Gasteiger partial charge in [-0.15, -0.1) is 0 Å². The van der Waals surface area contributed by atoms with Gasteiger partial charge in [0.25, 0.3) is 5.69 Å². The molecule has 0 saturated heterocycles. The molecule has 1 fully saturated rings. The first-order valence-corrected chi connectivity index (χ1v) is 5.52. The first-order chi connectivity index (χ1) is 8.04. The molecule has 1 aliphatic carbocycles. The van der Waals surface area contributed by atoms with Gasteiger partial charge < -0.3 is 5.32 Å². The van der Waals surface area contributed by atoms with Gasteiger partial charge in [0.05, 0.1) is 4.92 Å². The molecule has 0 heterocycles. The van der Waals surface area contributed by atoms with E-state index in [0.29, 0.717) is 17.5 Å². The Hall–Kier alpha value is -1.91. The second kappa shape index (κ2) is 4.16. The zero-order chi connectivity index (χ0) is 12.5. The molecule has 5 heteroatoms. The number of rotatable bonds is 5. The maximum Gasteiger partial charge on any atom is 0.293 e. The Morgan fingerprint density at radius 3 is 2.76 bits per heavy atom. The van der Waals surface area contributed by atoms with Gasteiger partial charge in [-0.05, 0) is 30.4 Å². The Balaban J connectivity index is 2.19. The molecule has 0 spiro atoms. The number of nitro groups is 1. The smallest absolute Gasteiger partial charge is 0.293 e. The number of nitrogens with one attached hydrogen (secondary N) is 1. The van der Waals surface area contributed by atoms with Crippen LogP contribution in [0.15, 0.2) is 18.2 Å². The van der Waals surface area contributed by atoms with E-state index in [1.54, 1.807) is 12.1 Å². The monoisotopic (exact) mass is 234 g/mol. The number of aldehydes is 1. The van der Waals surface area contributed by atoms with Gasteiger partial charge in [0.1, 0.15) is 12.0 Å². The fourth-order valence-electron chi connectivity index (χ4n) is 1.62. The summed E-state index contributed by atoms with van der Waals surface area (Å²) in [5.74, 6) is 0. The van der Waals surface area contributed by atoms with E-state index in [-0.39, 0.29) is 11.1 Å². The minimum absolute atomic E-state index is 0.0427. The van der Waals surface area contributed by atoms with E-state index >= 15 is 0 Å². The molecule has 1 saturated carbocycles. The molecule has 1 aliphatic rings. The average Bonchev–Trinajstić information content (AvgIpc) is 3.05. The van der Waals surface area contributed by atoms with Crippen LogP contribution in [0, 0.1) is 15.5 Å². The molecular formula is C12H14N2O3. The number of carbonyl (C=O) groups is 1. The quantitative estimate of drug-likeness (QED) is 0.483. The van der Waals surface area contributed by atoms with Crippen LogP contribution in [0.25, 0.3) is 0 Å². The van der Waals surface area contributed by atoms with Crippen LogP contribution < -0.4 is 5.32 Å². The maximum absolute atomic E-state index is 10.9. The fourth-order valence-corrected chi connectivity index (χ4v) is 1.62. The lowest BCUT2D eigenvalue weighted by Gasteiger charge is -2.11. The fraction of sp³-hybridized carbons (Fsp3) is 0.417. The largest absolute Gasteiger partial charge is 0.379 e. The zero-order valence-electron chi connectivity index (χ0n) is 9.60. The average molecular weight is 234 g/mol. The topological polar surface area (TPSA) is 72.2 Å². The summed E-state index contributed by atoms with van der Waals surface area (Å²) >= 11 is 0.